The molecule has 1 saturated carbocycles. The molecule has 1 aliphatic carbocycles. The Morgan fingerprint density at radius 2 is 1.75 bits per heavy atom. The van der Waals surface area contributed by atoms with Crippen molar-refractivity contribution in [2.45, 2.75) is 90.2 Å². The zero-order chi connectivity index (χ0) is 28.5. The molecule has 1 atom stereocenters. The summed E-state index contributed by atoms with van der Waals surface area (Å²) in [4.78, 5) is 13.3. The number of hydrogen-bond acceptors (Lipinski definition) is 7. The van der Waals surface area contributed by atoms with Gasteiger partial charge in [0.15, 0.2) is 0 Å². The monoisotopic (exact) mass is 560 g/mol. The Bertz CT molecular complexity index is 1310. The fourth-order valence-electron chi connectivity index (χ4n) is 6.09. The molecule has 0 amide bonds. The number of rotatable bonds is 4. The van der Waals surface area contributed by atoms with Gasteiger partial charge >= 0.3 is 0 Å². The SMILES string of the molecule is Cc1cccc(C)c1-c1cc2nc(n1)NSc1cccc(c1)N(CC1CCC(C)(O)CC1)C(CC(C)(C)C)CO2. The van der Waals surface area contributed by atoms with Crippen molar-refractivity contribution in [1.82, 2.24) is 9.97 Å². The highest BCUT2D eigenvalue weighted by molar-refractivity contribution is 8.00. The van der Waals surface area contributed by atoms with Crippen LogP contribution in [-0.2, 0) is 0 Å². The molecule has 0 radical (unpaired) electrons. The highest BCUT2D eigenvalue weighted by Gasteiger charge is 2.33. The van der Waals surface area contributed by atoms with Crippen LogP contribution in [0.15, 0.2) is 53.4 Å². The van der Waals surface area contributed by atoms with E-state index < -0.39 is 5.60 Å². The normalized spacial score (nSPS) is 23.4. The molecule has 1 unspecified atom stereocenters. The van der Waals surface area contributed by atoms with Crippen molar-refractivity contribution < 1.29 is 9.84 Å². The quantitative estimate of drug-likeness (QED) is 0.315. The Hall–Kier alpha value is -2.77. The van der Waals surface area contributed by atoms with Crippen molar-refractivity contribution >= 4 is 23.6 Å². The molecule has 5 rings (SSSR count). The molecule has 6 nitrogen and oxygen atoms in total. The van der Waals surface area contributed by atoms with E-state index in [1.807, 2.05) is 13.0 Å². The van der Waals surface area contributed by atoms with E-state index in [2.05, 4.69) is 86.7 Å². The first kappa shape index (κ1) is 28.7. The second-order valence-corrected chi connectivity index (χ2v) is 14.1. The molecule has 2 aliphatic rings. The highest BCUT2D eigenvalue weighted by Crippen LogP contribution is 2.37. The topological polar surface area (TPSA) is 70.5 Å². The molecule has 4 bridgehead atoms. The third kappa shape index (κ3) is 7.10. The van der Waals surface area contributed by atoms with Crippen LogP contribution in [0.1, 0.15) is 70.9 Å². The van der Waals surface area contributed by atoms with Crippen LogP contribution in [0, 0.1) is 25.2 Å². The van der Waals surface area contributed by atoms with Gasteiger partial charge < -0.3 is 14.7 Å². The van der Waals surface area contributed by atoms with Gasteiger partial charge in [-0.05, 0) is 105 Å². The van der Waals surface area contributed by atoms with Crippen LogP contribution in [0.5, 0.6) is 5.88 Å². The molecule has 1 aliphatic heterocycles. The molecular weight excluding hydrogens is 516 g/mol. The van der Waals surface area contributed by atoms with E-state index in [-0.39, 0.29) is 11.5 Å². The van der Waals surface area contributed by atoms with Crippen molar-refractivity contribution in [3.05, 3.63) is 59.7 Å². The summed E-state index contributed by atoms with van der Waals surface area (Å²) in [7, 11) is 0. The average Bonchev–Trinajstić information content (AvgIpc) is 2.88. The van der Waals surface area contributed by atoms with Crippen LogP contribution in [0.4, 0.5) is 11.6 Å². The first-order chi connectivity index (χ1) is 19.0. The Balaban J connectivity index is 1.52. The second kappa shape index (κ2) is 11.6. The Kier molecular flexibility index (Phi) is 8.35. The summed E-state index contributed by atoms with van der Waals surface area (Å²) < 4.78 is 9.94. The summed E-state index contributed by atoms with van der Waals surface area (Å²) in [6.45, 7) is 14.6. The molecule has 1 aromatic heterocycles. The molecule has 0 spiro atoms. The van der Waals surface area contributed by atoms with E-state index >= 15 is 0 Å². The summed E-state index contributed by atoms with van der Waals surface area (Å²) >= 11 is 1.53. The minimum Gasteiger partial charge on any atom is -0.475 e. The third-order valence-electron chi connectivity index (χ3n) is 8.20. The molecule has 0 saturated heterocycles. The number of nitrogens with zero attached hydrogens (tertiary/aromatic N) is 3. The molecule has 40 heavy (non-hydrogen) atoms. The lowest BCUT2D eigenvalue weighted by atomic mass is 9.79. The molecular formula is C33H44N4O2S. The van der Waals surface area contributed by atoms with E-state index in [9.17, 15) is 5.11 Å². The lowest BCUT2D eigenvalue weighted by molar-refractivity contribution is 0.00859. The minimum absolute atomic E-state index is 0.119. The Morgan fingerprint density at radius 3 is 2.45 bits per heavy atom. The van der Waals surface area contributed by atoms with E-state index in [4.69, 9.17) is 14.7 Å². The van der Waals surface area contributed by atoms with Gasteiger partial charge in [-0.1, -0.05) is 45.0 Å². The van der Waals surface area contributed by atoms with Crippen molar-refractivity contribution in [3.8, 4) is 17.1 Å². The maximum atomic E-state index is 10.6. The molecule has 3 aromatic rings. The predicted octanol–water partition coefficient (Wildman–Crippen LogP) is 7.82. The van der Waals surface area contributed by atoms with Crippen molar-refractivity contribution in [3.63, 3.8) is 0 Å². The number of nitrogens with one attached hydrogen (secondary N) is 1. The molecule has 214 valence electrons. The molecule has 1 fully saturated rings. The van der Waals surface area contributed by atoms with Gasteiger partial charge in [0.2, 0.25) is 11.8 Å². The standard InChI is InChI=1S/C33H44N4O2S/c1-22-9-7-10-23(2)30(22)28-18-29-35-31(34-28)36-40-27-12-8-11-25(17-27)37(26(21-39-29)19-32(3,4)5)20-24-13-15-33(6,38)16-14-24/h7-12,17-18,24,26,38H,13-16,19-21H2,1-6H3,(H,34,35,36). The van der Waals surface area contributed by atoms with Gasteiger partial charge in [-0.25, -0.2) is 4.98 Å². The van der Waals surface area contributed by atoms with Crippen LogP contribution in [-0.4, -0.2) is 39.9 Å². The summed E-state index contributed by atoms with van der Waals surface area (Å²) in [5.41, 5.74) is 5.15. The van der Waals surface area contributed by atoms with Crippen LogP contribution in [0.25, 0.3) is 11.3 Å². The summed E-state index contributed by atoms with van der Waals surface area (Å²) in [5, 5.41) is 10.6. The van der Waals surface area contributed by atoms with Gasteiger partial charge in [0.25, 0.3) is 0 Å². The lowest BCUT2D eigenvalue weighted by Gasteiger charge is -2.41. The average molecular weight is 561 g/mol. The summed E-state index contributed by atoms with van der Waals surface area (Å²) in [6, 6.07) is 17.2. The molecule has 7 heteroatoms. The van der Waals surface area contributed by atoms with Crippen LogP contribution in [0.2, 0.25) is 0 Å². The van der Waals surface area contributed by atoms with Crippen molar-refractivity contribution in [2.24, 2.45) is 11.3 Å². The molecule has 2 heterocycles. The van der Waals surface area contributed by atoms with Gasteiger partial charge in [0.05, 0.1) is 17.3 Å². The van der Waals surface area contributed by atoms with E-state index in [1.54, 1.807) is 0 Å². The number of anilines is 2. The van der Waals surface area contributed by atoms with Gasteiger partial charge in [-0.3, -0.25) is 4.72 Å². The van der Waals surface area contributed by atoms with Gasteiger partial charge in [-0.15, -0.1) is 0 Å². The van der Waals surface area contributed by atoms with Gasteiger partial charge in [0, 0.05) is 28.8 Å². The lowest BCUT2D eigenvalue weighted by Crippen LogP contribution is -2.46. The zero-order valence-electron chi connectivity index (χ0n) is 24.8. The van der Waals surface area contributed by atoms with Crippen LogP contribution < -0.4 is 14.4 Å². The third-order valence-corrected chi connectivity index (χ3v) is 8.97. The number of benzene rings is 2. The summed E-state index contributed by atoms with van der Waals surface area (Å²) in [6.07, 6.45) is 4.77. The van der Waals surface area contributed by atoms with Crippen LogP contribution in [0.3, 0.4) is 0 Å². The molecule has 2 aromatic carbocycles. The number of ether oxygens (including phenoxy) is 1. The maximum Gasteiger partial charge on any atom is 0.237 e. The van der Waals surface area contributed by atoms with E-state index in [0.717, 1.165) is 54.8 Å². The van der Waals surface area contributed by atoms with Gasteiger partial charge in [-0.2, -0.15) is 4.98 Å². The number of fused-ring (bicyclic) bond motifs is 4. The Labute approximate surface area is 244 Å². The largest absolute Gasteiger partial charge is 0.475 e. The fourth-order valence-corrected chi connectivity index (χ4v) is 6.72. The molecule has 2 N–H and O–H groups in total. The number of aromatic nitrogens is 2. The van der Waals surface area contributed by atoms with Crippen molar-refractivity contribution in [1.29, 1.82) is 0 Å². The zero-order valence-corrected chi connectivity index (χ0v) is 25.6. The second-order valence-electron chi connectivity index (χ2n) is 13.2. The number of aryl methyl sites for hydroxylation is 2. The van der Waals surface area contributed by atoms with E-state index in [0.29, 0.717) is 24.4 Å². The maximum absolute atomic E-state index is 10.6. The predicted molar refractivity (Wildman–Crippen MR) is 166 cm³/mol. The van der Waals surface area contributed by atoms with Gasteiger partial charge in [0.1, 0.15) is 6.61 Å². The minimum atomic E-state index is -0.535. The Morgan fingerprint density at radius 1 is 1.05 bits per heavy atom. The number of aliphatic hydroxyl groups is 1. The summed E-state index contributed by atoms with van der Waals surface area (Å²) in [5.74, 6) is 1.67. The van der Waals surface area contributed by atoms with E-state index in [1.165, 1.54) is 28.8 Å². The first-order valence-corrected chi connectivity index (χ1v) is 15.4. The smallest absolute Gasteiger partial charge is 0.237 e. The van der Waals surface area contributed by atoms with Crippen LogP contribution >= 0.6 is 11.9 Å². The number of hydrogen-bond donors (Lipinski definition) is 2. The highest BCUT2D eigenvalue weighted by atomic mass is 32.2. The fraction of sp³-hybridized carbons (Fsp3) is 0.515. The first-order valence-electron chi connectivity index (χ1n) is 14.6. The van der Waals surface area contributed by atoms with Crippen molar-refractivity contribution in [2.75, 3.05) is 22.8 Å².